The molecule has 1 aromatic heterocycles. The van der Waals surface area contributed by atoms with Crippen molar-refractivity contribution in [1.82, 2.24) is 10.6 Å². The largest absolute Gasteiger partial charge is 0.491 e. The van der Waals surface area contributed by atoms with Crippen LogP contribution in [0, 0.1) is 5.82 Å². The molecule has 0 fully saturated rings. The van der Waals surface area contributed by atoms with Gasteiger partial charge in [0, 0.05) is 23.3 Å². The van der Waals surface area contributed by atoms with Crippen LogP contribution in [0.25, 0.3) is 0 Å². The second kappa shape index (κ2) is 11.3. The van der Waals surface area contributed by atoms with Gasteiger partial charge in [-0.2, -0.15) is 0 Å². The molecule has 0 radical (unpaired) electrons. The van der Waals surface area contributed by atoms with Gasteiger partial charge in [-0.25, -0.2) is 4.39 Å². The molecule has 2 N–H and O–H groups in total. The van der Waals surface area contributed by atoms with E-state index in [9.17, 15) is 4.39 Å². The van der Waals surface area contributed by atoms with Gasteiger partial charge in [-0.3, -0.25) is 4.99 Å². The molecule has 0 unspecified atom stereocenters. The van der Waals surface area contributed by atoms with Crippen molar-refractivity contribution in [3.05, 3.63) is 51.5 Å². The van der Waals surface area contributed by atoms with Crippen LogP contribution in [0.4, 0.5) is 4.39 Å². The zero-order chi connectivity index (χ0) is 17.4. The van der Waals surface area contributed by atoms with Gasteiger partial charge in [-0.1, -0.05) is 13.0 Å². The van der Waals surface area contributed by atoms with Gasteiger partial charge in [0.15, 0.2) is 17.5 Å². The first kappa shape index (κ1) is 21.7. The maximum atomic E-state index is 13.9. The maximum Gasteiger partial charge on any atom is 0.191 e. The minimum atomic E-state index is -0.343. The molecule has 0 atom stereocenters. The SMILES string of the molecule is CCOc1ccc(CNC(=NC)NCc2ccc(CC)s2)cc1F.I. The Morgan fingerprint density at radius 2 is 1.84 bits per heavy atom. The lowest BCUT2D eigenvalue weighted by Gasteiger charge is -2.12. The quantitative estimate of drug-likeness (QED) is 0.355. The summed E-state index contributed by atoms with van der Waals surface area (Å²) in [5.41, 5.74) is 0.836. The van der Waals surface area contributed by atoms with Crippen LogP contribution in [0.3, 0.4) is 0 Å². The molecule has 7 heteroatoms. The maximum absolute atomic E-state index is 13.9. The summed E-state index contributed by atoms with van der Waals surface area (Å²) in [5.74, 6) is 0.633. The van der Waals surface area contributed by atoms with Crippen molar-refractivity contribution in [2.45, 2.75) is 33.4 Å². The first-order chi connectivity index (χ1) is 11.7. The molecule has 0 spiro atoms. The van der Waals surface area contributed by atoms with E-state index in [2.05, 4.69) is 34.7 Å². The summed E-state index contributed by atoms with van der Waals surface area (Å²) in [4.78, 5) is 6.84. The lowest BCUT2D eigenvalue weighted by Crippen LogP contribution is -2.36. The minimum absolute atomic E-state index is 0. The van der Waals surface area contributed by atoms with Crippen molar-refractivity contribution in [3.63, 3.8) is 0 Å². The van der Waals surface area contributed by atoms with E-state index < -0.39 is 0 Å². The van der Waals surface area contributed by atoms with Crippen LogP contribution in [-0.2, 0) is 19.5 Å². The molecule has 2 aromatic rings. The zero-order valence-electron chi connectivity index (χ0n) is 14.8. The Labute approximate surface area is 169 Å². The van der Waals surface area contributed by atoms with Crippen molar-refractivity contribution in [3.8, 4) is 5.75 Å². The molecule has 0 amide bonds. The molecule has 1 aromatic carbocycles. The van der Waals surface area contributed by atoms with Crippen molar-refractivity contribution in [1.29, 1.82) is 0 Å². The van der Waals surface area contributed by atoms with Gasteiger partial charge in [-0.15, -0.1) is 35.3 Å². The number of aryl methyl sites for hydroxylation is 1. The highest BCUT2D eigenvalue weighted by Crippen LogP contribution is 2.18. The zero-order valence-corrected chi connectivity index (χ0v) is 17.9. The third-order valence-electron chi connectivity index (χ3n) is 3.48. The number of benzene rings is 1. The van der Waals surface area contributed by atoms with Crippen LogP contribution in [0.15, 0.2) is 35.3 Å². The van der Waals surface area contributed by atoms with Crippen LogP contribution in [0.5, 0.6) is 5.75 Å². The topological polar surface area (TPSA) is 45.6 Å². The molecule has 0 saturated carbocycles. The van der Waals surface area contributed by atoms with E-state index in [0.29, 0.717) is 19.1 Å². The third kappa shape index (κ3) is 6.81. The summed E-state index contributed by atoms with van der Waals surface area (Å²) in [6, 6.07) is 9.27. The molecule has 1 heterocycles. The average molecular weight is 477 g/mol. The number of thiophene rings is 1. The molecule has 138 valence electrons. The average Bonchev–Trinajstić information content (AvgIpc) is 3.05. The summed E-state index contributed by atoms with van der Waals surface area (Å²) in [7, 11) is 1.72. The second-order valence-electron chi connectivity index (χ2n) is 5.20. The van der Waals surface area contributed by atoms with E-state index in [1.807, 2.05) is 13.0 Å². The predicted molar refractivity (Wildman–Crippen MR) is 114 cm³/mol. The second-order valence-corrected chi connectivity index (χ2v) is 6.45. The van der Waals surface area contributed by atoms with E-state index in [0.717, 1.165) is 18.5 Å². The molecule has 0 aliphatic carbocycles. The van der Waals surface area contributed by atoms with Crippen molar-refractivity contribution < 1.29 is 9.13 Å². The van der Waals surface area contributed by atoms with E-state index in [4.69, 9.17) is 4.74 Å². The molecular formula is C18H25FIN3OS. The fourth-order valence-corrected chi connectivity index (χ4v) is 3.11. The van der Waals surface area contributed by atoms with E-state index in [1.54, 1.807) is 24.5 Å². The minimum Gasteiger partial charge on any atom is -0.491 e. The third-order valence-corrected chi connectivity index (χ3v) is 4.71. The molecule has 0 saturated heterocycles. The predicted octanol–water partition coefficient (Wildman–Crippen LogP) is 4.33. The summed E-state index contributed by atoms with van der Waals surface area (Å²) in [6.45, 7) is 5.66. The summed E-state index contributed by atoms with van der Waals surface area (Å²) in [6.07, 6.45) is 1.06. The van der Waals surface area contributed by atoms with Gasteiger partial charge in [0.05, 0.1) is 13.2 Å². The molecule has 4 nitrogen and oxygen atoms in total. The van der Waals surface area contributed by atoms with Crippen LogP contribution in [0.2, 0.25) is 0 Å². The first-order valence-electron chi connectivity index (χ1n) is 8.09. The Morgan fingerprint density at radius 3 is 2.44 bits per heavy atom. The van der Waals surface area contributed by atoms with Crippen molar-refractivity contribution >= 4 is 41.3 Å². The summed E-state index contributed by atoms with van der Waals surface area (Å²) >= 11 is 1.80. The van der Waals surface area contributed by atoms with Crippen LogP contribution in [-0.4, -0.2) is 19.6 Å². The molecule has 2 rings (SSSR count). The molecule has 0 aliphatic rings. The first-order valence-corrected chi connectivity index (χ1v) is 8.91. The Balaban J connectivity index is 0.00000312. The number of nitrogens with one attached hydrogen (secondary N) is 2. The lowest BCUT2D eigenvalue weighted by atomic mass is 10.2. The summed E-state index contributed by atoms with van der Waals surface area (Å²) in [5, 5.41) is 6.46. The van der Waals surface area contributed by atoms with E-state index >= 15 is 0 Å². The number of hydrogen-bond donors (Lipinski definition) is 2. The smallest absolute Gasteiger partial charge is 0.191 e. The fraction of sp³-hybridized carbons (Fsp3) is 0.389. The van der Waals surface area contributed by atoms with Crippen LogP contribution >= 0.6 is 35.3 Å². The Morgan fingerprint density at radius 1 is 1.12 bits per heavy atom. The highest BCUT2D eigenvalue weighted by Gasteiger charge is 2.05. The lowest BCUT2D eigenvalue weighted by molar-refractivity contribution is 0.321. The number of rotatable bonds is 7. The van der Waals surface area contributed by atoms with Gasteiger partial charge in [-0.05, 0) is 43.2 Å². The Hall–Kier alpha value is -1.35. The van der Waals surface area contributed by atoms with E-state index in [1.165, 1.54) is 15.8 Å². The molecule has 25 heavy (non-hydrogen) atoms. The van der Waals surface area contributed by atoms with Gasteiger partial charge < -0.3 is 15.4 Å². The van der Waals surface area contributed by atoms with Crippen LogP contribution < -0.4 is 15.4 Å². The standard InChI is InChI=1S/C18H24FN3OS.HI/c1-4-14-7-8-15(24-14)12-22-18(20-3)21-11-13-6-9-17(23-5-2)16(19)10-13;/h6-10H,4-5,11-12H2,1-3H3,(H2,20,21,22);1H. The van der Waals surface area contributed by atoms with Crippen molar-refractivity contribution in [2.75, 3.05) is 13.7 Å². The molecule has 0 bridgehead atoms. The monoisotopic (exact) mass is 477 g/mol. The Kier molecular flexibility index (Phi) is 9.81. The molecule has 0 aliphatic heterocycles. The Bertz CT molecular complexity index is 691. The number of ether oxygens (including phenoxy) is 1. The van der Waals surface area contributed by atoms with Crippen molar-refractivity contribution in [2.24, 2.45) is 4.99 Å². The summed E-state index contributed by atoms with van der Waals surface area (Å²) < 4.78 is 19.1. The van der Waals surface area contributed by atoms with Crippen LogP contribution in [0.1, 0.15) is 29.2 Å². The molecular weight excluding hydrogens is 452 g/mol. The number of halogens is 2. The number of aliphatic imine (C=N–C) groups is 1. The van der Waals surface area contributed by atoms with Gasteiger partial charge in [0.25, 0.3) is 0 Å². The van der Waals surface area contributed by atoms with Gasteiger partial charge in [0.1, 0.15) is 0 Å². The number of nitrogens with zero attached hydrogens (tertiary/aromatic N) is 1. The van der Waals surface area contributed by atoms with Gasteiger partial charge >= 0.3 is 0 Å². The number of hydrogen-bond acceptors (Lipinski definition) is 3. The van der Waals surface area contributed by atoms with Gasteiger partial charge in [0.2, 0.25) is 0 Å². The fourth-order valence-electron chi connectivity index (χ4n) is 2.21. The normalized spacial score (nSPS) is 11.0. The number of guanidine groups is 1. The highest BCUT2D eigenvalue weighted by molar-refractivity contribution is 14.0. The highest BCUT2D eigenvalue weighted by atomic mass is 127. The van der Waals surface area contributed by atoms with E-state index in [-0.39, 0.29) is 35.5 Å².